The zero-order valence-electron chi connectivity index (χ0n) is 16.4. The number of hydrogen-bond donors (Lipinski definition) is 1. The molecule has 0 radical (unpaired) electrons. The Morgan fingerprint density at radius 3 is 2.93 bits per heavy atom. The van der Waals surface area contributed by atoms with Crippen molar-refractivity contribution >= 4 is 34.7 Å². The maximum Gasteiger partial charge on any atom is 0.237 e. The first kappa shape index (κ1) is 18.9. The number of rotatable bonds is 7. The number of nitrogens with zero attached hydrogens (tertiary/aromatic N) is 3. The van der Waals surface area contributed by atoms with E-state index in [1.165, 1.54) is 47.0 Å². The number of anilines is 1. The molecule has 1 saturated carbocycles. The predicted molar refractivity (Wildman–Crippen MR) is 118 cm³/mol. The Labute approximate surface area is 178 Å². The van der Waals surface area contributed by atoms with Crippen LogP contribution in [0.4, 0.5) is 5.69 Å². The fourth-order valence-corrected chi connectivity index (χ4v) is 5.52. The van der Waals surface area contributed by atoms with E-state index in [1.54, 1.807) is 11.3 Å². The molecule has 1 aromatic carbocycles. The van der Waals surface area contributed by atoms with E-state index in [-0.39, 0.29) is 11.2 Å². The van der Waals surface area contributed by atoms with Crippen molar-refractivity contribution in [1.29, 1.82) is 0 Å². The summed E-state index contributed by atoms with van der Waals surface area (Å²) in [5.41, 5.74) is 3.68. The van der Waals surface area contributed by atoms with Crippen LogP contribution >= 0.6 is 23.1 Å². The Morgan fingerprint density at radius 1 is 1.28 bits per heavy atom. The van der Waals surface area contributed by atoms with Gasteiger partial charge in [0.15, 0.2) is 5.16 Å². The van der Waals surface area contributed by atoms with Gasteiger partial charge in [-0.3, -0.25) is 4.79 Å². The first-order chi connectivity index (χ1) is 14.2. The van der Waals surface area contributed by atoms with E-state index >= 15 is 0 Å². The lowest BCUT2D eigenvalue weighted by Gasteiger charge is -2.14. The largest absolute Gasteiger partial charge is 0.325 e. The molecule has 2 heterocycles. The van der Waals surface area contributed by atoms with E-state index < -0.39 is 0 Å². The van der Waals surface area contributed by atoms with Crippen LogP contribution in [0.1, 0.15) is 54.1 Å². The molecule has 5 rings (SSSR count). The smallest absolute Gasteiger partial charge is 0.237 e. The molecule has 1 atom stereocenters. The van der Waals surface area contributed by atoms with E-state index in [0.717, 1.165) is 35.9 Å². The highest BCUT2D eigenvalue weighted by molar-refractivity contribution is 8.00. The first-order valence-corrected chi connectivity index (χ1v) is 12.0. The van der Waals surface area contributed by atoms with Crippen molar-refractivity contribution in [3.05, 3.63) is 57.5 Å². The number of carbonyl (C=O) groups is 1. The van der Waals surface area contributed by atoms with Gasteiger partial charge in [0.2, 0.25) is 5.91 Å². The van der Waals surface area contributed by atoms with Gasteiger partial charge in [0.1, 0.15) is 5.82 Å². The Morgan fingerprint density at radius 2 is 2.14 bits per heavy atom. The second-order valence-corrected chi connectivity index (χ2v) is 10.2. The number of thiophene rings is 1. The molecule has 0 aliphatic heterocycles. The zero-order chi connectivity index (χ0) is 19.8. The maximum absolute atomic E-state index is 12.8. The molecular formula is C22H24N4OS2. The van der Waals surface area contributed by atoms with Crippen LogP contribution in [-0.4, -0.2) is 25.9 Å². The Bertz CT molecular complexity index is 1020. The van der Waals surface area contributed by atoms with Gasteiger partial charge in [0.05, 0.1) is 5.25 Å². The molecule has 1 N–H and O–H groups in total. The predicted octanol–water partition coefficient (Wildman–Crippen LogP) is 4.87. The minimum Gasteiger partial charge on any atom is -0.325 e. The fourth-order valence-electron chi connectivity index (χ4n) is 3.88. The summed E-state index contributed by atoms with van der Waals surface area (Å²) in [5.74, 6) is 1.02. The molecule has 0 unspecified atom stereocenters. The SMILES string of the molecule is C[C@@H](Sc1nnc(Cc2cccs2)n1C1CC1)C(=O)Nc1ccc2c(c1)CCC2. The van der Waals surface area contributed by atoms with Gasteiger partial charge in [-0.25, -0.2) is 0 Å². The topological polar surface area (TPSA) is 59.8 Å². The number of carbonyl (C=O) groups excluding carboxylic acids is 1. The van der Waals surface area contributed by atoms with Crippen molar-refractivity contribution in [3.63, 3.8) is 0 Å². The lowest BCUT2D eigenvalue weighted by molar-refractivity contribution is -0.115. The van der Waals surface area contributed by atoms with Crippen LogP contribution in [0.2, 0.25) is 0 Å². The Hall–Kier alpha value is -2.12. The van der Waals surface area contributed by atoms with Crippen LogP contribution in [0, 0.1) is 0 Å². The third-order valence-electron chi connectivity index (χ3n) is 5.58. The molecule has 1 amide bonds. The summed E-state index contributed by atoms with van der Waals surface area (Å²) >= 11 is 3.25. The second kappa shape index (κ2) is 7.95. The summed E-state index contributed by atoms with van der Waals surface area (Å²) in [6, 6.07) is 11.0. The van der Waals surface area contributed by atoms with Crippen LogP contribution in [-0.2, 0) is 24.1 Å². The van der Waals surface area contributed by atoms with Crippen molar-refractivity contribution in [2.75, 3.05) is 5.32 Å². The van der Waals surface area contributed by atoms with E-state index in [1.807, 2.05) is 13.0 Å². The number of fused-ring (bicyclic) bond motifs is 1. The average molecular weight is 425 g/mol. The molecule has 0 bridgehead atoms. The fraction of sp³-hybridized carbons (Fsp3) is 0.409. The molecule has 0 spiro atoms. The van der Waals surface area contributed by atoms with Gasteiger partial charge in [-0.2, -0.15) is 0 Å². The van der Waals surface area contributed by atoms with Gasteiger partial charge in [0.25, 0.3) is 0 Å². The summed E-state index contributed by atoms with van der Waals surface area (Å²) in [6.45, 7) is 1.94. The standard InChI is InChI=1S/C22H24N4OS2/c1-14(21(27)23-17-8-7-15-4-2-5-16(15)12-17)29-22-25-24-20(26(22)18-9-10-18)13-19-6-3-11-28-19/h3,6-8,11-12,14,18H,2,4-5,9-10,13H2,1H3,(H,23,27)/t14-/m1/s1. The minimum absolute atomic E-state index is 0.0121. The quantitative estimate of drug-likeness (QED) is 0.550. The number of aromatic nitrogens is 3. The van der Waals surface area contributed by atoms with Gasteiger partial charge in [-0.15, -0.1) is 21.5 Å². The van der Waals surface area contributed by atoms with E-state index in [9.17, 15) is 4.79 Å². The lowest BCUT2D eigenvalue weighted by Crippen LogP contribution is -2.23. The molecular weight excluding hydrogens is 400 g/mol. The first-order valence-electron chi connectivity index (χ1n) is 10.2. The molecule has 0 saturated heterocycles. The minimum atomic E-state index is -0.237. The second-order valence-electron chi connectivity index (χ2n) is 7.84. The van der Waals surface area contributed by atoms with Crippen LogP contribution < -0.4 is 5.32 Å². The van der Waals surface area contributed by atoms with Crippen molar-refractivity contribution in [1.82, 2.24) is 14.8 Å². The van der Waals surface area contributed by atoms with Crippen LogP contribution in [0.5, 0.6) is 0 Å². The molecule has 2 aliphatic rings. The number of aryl methyl sites for hydroxylation is 2. The summed E-state index contributed by atoms with van der Waals surface area (Å²) in [6.07, 6.45) is 6.61. The highest BCUT2D eigenvalue weighted by Gasteiger charge is 2.31. The summed E-state index contributed by atoms with van der Waals surface area (Å²) in [4.78, 5) is 14.1. The van der Waals surface area contributed by atoms with Gasteiger partial charge in [-0.1, -0.05) is 23.9 Å². The summed E-state index contributed by atoms with van der Waals surface area (Å²) in [7, 11) is 0. The average Bonchev–Trinajstić information content (AvgIpc) is 3.10. The van der Waals surface area contributed by atoms with Crippen molar-refractivity contribution in [3.8, 4) is 0 Å². The number of thioether (sulfide) groups is 1. The molecule has 1 fully saturated rings. The summed E-state index contributed by atoms with van der Waals surface area (Å²) < 4.78 is 2.25. The van der Waals surface area contributed by atoms with Crippen LogP contribution in [0.3, 0.4) is 0 Å². The number of amides is 1. The van der Waals surface area contributed by atoms with E-state index in [4.69, 9.17) is 0 Å². The Kier molecular flexibility index (Phi) is 5.18. The molecule has 5 nitrogen and oxygen atoms in total. The number of hydrogen-bond acceptors (Lipinski definition) is 5. The van der Waals surface area contributed by atoms with Crippen LogP contribution in [0.25, 0.3) is 0 Å². The molecule has 2 aromatic heterocycles. The lowest BCUT2D eigenvalue weighted by atomic mass is 10.1. The number of benzene rings is 1. The van der Waals surface area contributed by atoms with Crippen molar-refractivity contribution in [2.24, 2.45) is 0 Å². The summed E-state index contributed by atoms with van der Waals surface area (Å²) in [5, 5.41) is 14.7. The zero-order valence-corrected chi connectivity index (χ0v) is 18.1. The molecule has 7 heteroatoms. The third-order valence-corrected chi connectivity index (χ3v) is 7.51. The maximum atomic E-state index is 12.8. The van der Waals surface area contributed by atoms with Gasteiger partial charge in [-0.05, 0) is 73.7 Å². The molecule has 29 heavy (non-hydrogen) atoms. The highest BCUT2D eigenvalue weighted by Crippen LogP contribution is 2.40. The molecule has 3 aromatic rings. The van der Waals surface area contributed by atoms with E-state index in [0.29, 0.717) is 6.04 Å². The van der Waals surface area contributed by atoms with Crippen molar-refractivity contribution in [2.45, 2.75) is 61.9 Å². The third kappa shape index (κ3) is 4.12. The highest BCUT2D eigenvalue weighted by atomic mass is 32.2. The number of nitrogens with one attached hydrogen (secondary N) is 1. The molecule has 2 aliphatic carbocycles. The van der Waals surface area contributed by atoms with E-state index in [2.05, 4.69) is 49.7 Å². The Balaban J connectivity index is 1.28. The van der Waals surface area contributed by atoms with Gasteiger partial charge in [0, 0.05) is 23.0 Å². The van der Waals surface area contributed by atoms with Gasteiger partial charge < -0.3 is 9.88 Å². The van der Waals surface area contributed by atoms with Crippen LogP contribution in [0.15, 0.2) is 40.9 Å². The van der Waals surface area contributed by atoms with Gasteiger partial charge >= 0.3 is 0 Å². The van der Waals surface area contributed by atoms with Crippen molar-refractivity contribution < 1.29 is 4.79 Å². The molecule has 150 valence electrons. The normalized spacial score (nSPS) is 16.6. The monoisotopic (exact) mass is 424 g/mol.